The number of rotatable bonds is 2. The predicted molar refractivity (Wildman–Crippen MR) is 60.0 cm³/mol. The number of esters is 1. The predicted octanol–water partition coefficient (Wildman–Crippen LogP) is 0.246. The Kier molecular flexibility index (Phi) is 2.73. The number of aromatic nitrogens is 4. The molecule has 0 bridgehead atoms. The summed E-state index contributed by atoms with van der Waals surface area (Å²) in [5.41, 5.74) is 6.54. The van der Waals surface area contributed by atoms with Gasteiger partial charge in [0.1, 0.15) is 17.1 Å². The molecule has 0 saturated heterocycles. The lowest BCUT2D eigenvalue weighted by Gasteiger charge is -2.05. The van der Waals surface area contributed by atoms with Crippen molar-refractivity contribution in [2.75, 3.05) is 12.8 Å². The third kappa shape index (κ3) is 1.94. The first-order valence-corrected chi connectivity index (χ1v) is 4.81. The van der Waals surface area contributed by atoms with Crippen molar-refractivity contribution >= 4 is 11.8 Å². The second kappa shape index (κ2) is 4.20. The van der Waals surface area contributed by atoms with Crippen molar-refractivity contribution in [1.29, 1.82) is 0 Å². The van der Waals surface area contributed by atoms with Gasteiger partial charge in [0.15, 0.2) is 5.82 Å². The highest BCUT2D eigenvalue weighted by molar-refractivity contribution is 5.93. The number of hydrogen-bond donors (Lipinski definition) is 1. The van der Waals surface area contributed by atoms with Crippen molar-refractivity contribution in [3.8, 4) is 11.5 Å². The van der Waals surface area contributed by atoms with Crippen LogP contribution in [0, 0.1) is 0 Å². The third-order valence-electron chi connectivity index (χ3n) is 2.27. The molecule has 7 heteroatoms. The first-order valence-electron chi connectivity index (χ1n) is 4.81. The van der Waals surface area contributed by atoms with Crippen molar-refractivity contribution in [1.82, 2.24) is 19.5 Å². The Labute approximate surface area is 97.3 Å². The Morgan fingerprint density at radius 2 is 2.24 bits per heavy atom. The van der Waals surface area contributed by atoms with Crippen LogP contribution in [0.2, 0.25) is 0 Å². The van der Waals surface area contributed by atoms with Gasteiger partial charge in [-0.2, -0.15) is 0 Å². The smallest absolute Gasteiger partial charge is 0.343 e. The lowest BCUT2D eigenvalue weighted by molar-refractivity contribution is 0.0601. The van der Waals surface area contributed by atoms with Crippen molar-refractivity contribution in [3.63, 3.8) is 0 Å². The second-order valence-electron chi connectivity index (χ2n) is 3.37. The molecule has 0 spiro atoms. The number of ether oxygens (including phenoxy) is 1. The van der Waals surface area contributed by atoms with Gasteiger partial charge in [0.05, 0.1) is 19.6 Å². The summed E-state index contributed by atoms with van der Waals surface area (Å²) in [6, 6.07) is 0. The van der Waals surface area contributed by atoms with E-state index in [9.17, 15) is 4.79 Å². The molecule has 0 aliphatic carbocycles. The van der Waals surface area contributed by atoms with E-state index in [0.29, 0.717) is 11.5 Å². The van der Waals surface area contributed by atoms with Crippen LogP contribution in [0.4, 0.5) is 5.82 Å². The highest BCUT2D eigenvalue weighted by Crippen LogP contribution is 2.16. The largest absolute Gasteiger partial charge is 0.465 e. The van der Waals surface area contributed by atoms with Crippen LogP contribution in [0.25, 0.3) is 11.5 Å². The minimum Gasteiger partial charge on any atom is -0.465 e. The second-order valence-corrected chi connectivity index (χ2v) is 3.37. The van der Waals surface area contributed by atoms with Crippen molar-refractivity contribution < 1.29 is 9.53 Å². The monoisotopic (exact) mass is 233 g/mol. The molecular formula is C10H11N5O2. The molecular weight excluding hydrogens is 222 g/mol. The SMILES string of the molecule is COC(=O)c1cnc(-c2cncn2C)nc1N. The number of anilines is 1. The van der Waals surface area contributed by atoms with Crippen LogP contribution >= 0.6 is 0 Å². The molecule has 0 amide bonds. The fraction of sp³-hybridized carbons (Fsp3) is 0.200. The number of methoxy groups -OCH3 is 1. The van der Waals surface area contributed by atoms with Crippen LogP contribution in [-0.4, -0.2) is 32.6 Å². The quantitative estimate of drug-likeness (QED) is 0.747. The van der Waals surface area contributed by atoms with Gasteiger partial charge in [0, 0.05) is 13.2 Å². The van der Waals surface area contributed by atoms with Gasteiger partial charge in [0.2, 0.25) is 0 Å². The first-order chi connectivity index (χ1) is 8.13. The zero-order chi connectivity index (χ0) is 12.4. The Morgan fingerprint density at radius 3 is 2.76 bits per heavy atom. The van der Waals surface area contributed by atoms with Gasteiger partial charge in [-0.05, 0) is 0 Å². The van der Waals surface area contributed by atoms with Crippen LogP contribution < -0.4 is 5.73 Å². The average Bonchev–Trinajstić information content (AvgIpc) is 2.74. The van der Waals surface area contributed by atoms with E-state index in [1.165, 1.54) is 13.3 Å². The number of nitrogens with two attached hydrogens (primary N) is 1. The molecule has 0 aliphatic rings. The van der Waals surface area contributed by atoms with Crippen LogP contribution in [0.5, 0.6) is 0 Å². The van der Waals surface area contributed by atoms with Crippen LogP contribution in [0.1, 0.15) is 10.4 Å². The topological polar surface area (TPSA) is 95.9 Å². The van der Waals surface area contributed by atoms with E-state index in [4.69, 9.17) is 5.73 Å². The highest BCUT2D eigenvalue weighted by atomic mass is 16.5. The summed E-state index contributed by atoms with van der Waals surface area (Å²) in [5, 5.41) is 0. The van der Waals surface area contributed by atoms with Crippen molar-refractivity contribution in [2.24, 2.45) is 7.05 Å². The van der Waals surface area contributed by atoms with Crippen molar-refractivity contribution in [3.05, 3.63) is 24.3 Å². The lowest BCUT2D eigenvalue weighted by Crippen LogP contribution is -2.09. The van der Waals surface area contributed by atoms with E-state index in [1.807, 2.05) is 7.05 Å². The summed E-state index contributed by atoms with van der Waals surface area (Å²) >= 11 is 0. The number of nitrogens with zero attached hydrogens (tertiary/aromatic N) is 4. The fourth-order valence-electron chi connectivity index (χ4n) is 1.36. The number of carbonyl (C=O) groups is 1. The van der Waals surface area contributed by atoms with Crippen LogP contribution in [-0.2, 0) is 11.8 Å². The van der Waals surface area contributed by atoms with E-state index >= 15 is 0 Å². The van der Waals surface area contributed by atoms with E-state index in [0.717, 1.165) is 0 Å². The zero-order valence-corrected chi connectivity index (χ0v) is 9.41. The van der Waals surface area contributed by atoms with Gasteiger partial charge < -0.3 is 15.0 Å². The van der Waals surface area contributed by atoms with E-state index in [-0.39, 0.29) is 11.4 Å². The molecule has 0 atom stereocenters. The molecule has 2 N–H and O–H groups in total. The van der Waals surface area contributed by atoms with Gasteiger partial charge in [-0.25, -0.2) is 19.7 Å². The Bertz CT molecular complexity index is 564. The molecule has 0 aromatic carbocycles. The number of hydrogen-bond acceptors (Lipinski definition) is 6. The van der Waals surface area contributed by atoms with Gasteiger partial charge in [-0.15, -0.1) is 0 Å². The maximum absolute atomic E-state index is 11.3. The normalized spacial score (nSPS) is 10.2. The summed E-state index contributed by atoms with van der Waals surface area (Å²) in [5.74, 6) is -0.0581. The van der Waals surface area contributed by atoms with E-state index < -0.39 is 5.97 Å². The Balaban J connectivity index is 2.44. The molecule has 0 unspecified atom stereocenters. The molecule has 17 heavy (non-hydrogen) atoms. The highest BCUT2D eigenvalue weighted by Gasteiger charge is 2.14. The van der Waals surface area contributed by atoms with Gasteiger partial charge >= 0.3 is 5.97 Å². The van der Waals surface area contributed by atoms with E-state index in [1.54, 1.807) is 17.1 Å². The molecule has 0 radical (unpaired) electrons. The molecule has 7 nitrogen and oxygen atoms in total. The minimum absolute atomic E-state index is 0.0862. The molecule has 0 aliphatic heterocycles. The first kappa shape index (κ1) is 11.1. The number of aryl methyl sites for hydroxylation is 1. The maximum Gasteiger partial charge on any atom is 0.343 e. The standard InChI is InChI=1S/C10H11N5O2/c1-15-5-12-4-7(15)9-13-3-6(8(11)14-9)10(16)17-2/h3-5H,1-2H3,(H2,11,13,14). The molecule has 2 rings (SSSR count). The summed E-state index contributed by atoms with van der Waals surface area (Å²) in [6.07, 6.45) is 4.59. The van der Waals surface area contributed by atoms with Crippen molar-refractivity contribution in [2.45, 2.75) is 0 Å². The van der Waals surface area contributed by atoms with Gasteiger partial charge in [-0.1, -0.05) is 0 Å². The number of imidazole rings is 1. The van der Waals surface area contributed by atoms with Gasteiger partial charge in [0.25, 0.3) is 0 Å². The number of carbonyl (C=O) groups excluding carboxylic acids is 1. The summed E-state index contributed by atoms with van der Waals surface area (Å²) in [6.45, 7) is 0. The molecule has 2 aromatic heterocycles. The molecule has 0 fully saturated rings. The maximum atomic E-state index is 11.3. The summed E-state index contributed by atoms with van der Waals surface area (Å²) < 4.78 is 6.31. The number of nitrogen functional groups attached to an aromatic ring is 1. The van der Waals surface area contributed by atoms with Crippen LogP contribution in [0.3, 0.4) is 0 Å². The molecule has 2 heterocycles. The Hall–Kier alpha value is -2.44. The minimum atomic E-state index is -0.556. The van der Waals surface area contributed by atoms with Crippen LogP contribution in [0.15, 0.2) is 18.7 Å². The third-order valence-corrected chi connectivity index (χ3v) is 2.27. The van der Waals surface area contributed by atoms with Gasteiger partial charge in [-0.3, -0.25) is 0 Å². The average molecular weight is 233 g/mol. The Morgan fingerprint density at radius 1 is 1.47 bits per heavy atom. The summed E-state index contributed by atoms with van der Waals surface area (Å²) in [7, 11) is 3.09. The zero-order valence-electron chi connectivity index (χ0n) is 9.41. The molecule has 2 aromatic rings. The molecule has 88 valence electrons. The van der Waals surface area contributed by atoms with E-state index in [2.05, 4.69) is 19.7 Å². The molecule has 0 saturated carbocycles. The lowest BCUT2D eigenvalue weighted by atomic mass is 10.3. The summed E-state index contributed by atoms with van der Waals surface area (Å²) in [4.78, 5) is 23.4. The fourth-order valence-corrected chi connectivity index (χ4v) is 1.36.